The first-order valence-corrected chi connectivity index (χ1v) is 5.72. The van der Waals surface area contributed by atoms with Gasteiger partial charge in [-0.15, -0.1) is 0 Å². The number of halogens is 2. The van der Waals surface area contributed by atoms with Crippen LogP contribution in [0.3, 0.4) is 0 Å². The number of aliphatic hydroxyl groups excluding tert-OH is 1. The maximum atomic E-state index is 13.4. The fraction of sp³-hybridized carbons (Fsp3) is 0.417. The molecule has 0 fully saturated rings. The summed E-state index contributed by atoms with van der Waals surface area (Å²) in [6.45, 7) is 2.17. The van der Waals surface area contributed by atoms with Crippen molar-refractivity contribution in [3.05, 3.63) is 34.6 Å². The molecule has 17 heavy (non-hydrogen) atoms. The van der Waals surface area contributed by atoms with E-state index in [1.165, 1.54) is 12.1 Å². The average Bonchev–Trinajstić information content (AvgIpc) is 2.31. The van der Waals surface area contributed by atoms with Crippen LogP contribution in [0.4, 0.5) is 4.39 Å². The van der Waals surface area contributed by atoms with Crippen molar-refractivity contribution in [3.8, 4) is 0 Å². The molecule has 1 atom stereocenters. The molecular formula is C12H15ClFNO2. The summed E-state index contributed by atoms with van der Waals surface area (Å²) in [4.78, 5) is 11.5. The van der Waals surface area contributed by atoms with Gasteiger partial charge in [-0.25, -0.2) is 4.39 Å². The highest BCUT2D eigenvalue weighted by Crippen LogP contribution is 2.19. The molecule has 1 aromatic rings. The molecule has 0 heterocycles. The monoisotopic (exact) mass is 259 g/mol. The predicted octanol–water partition coefficient (Wildman–Crippen LogP) is 1.77. The highest BCUT2D eigenvalue weighted by molar-refractivity contribution is 6.31. The van der Waals surface area contributed by atoms with E-state index in [2.05, 4.69) is 5.32 Å². The van der Waals surface area contributed by atoms with Gasteiger partial charge in [0.2, 0.25) is 5.91 Å². The maximum absolute atomic E-state index is 13.4. The van der Waals surface area contributed by atoms with Crippen molar-refractivity contribution in [1.29, 1.82) is 0 Å². The summed E-state index contributed by atoms with van der Waals surface area (Å²) in [6, 6.07) is 4.31. The summed E-state index contributed by atoms with van der Waals surface area (Å²) in [5, 5.41) is 11.7. The van der Waals surface area contributed by atoms with E-state index in [1.54, 1.807) is 13.0 Å². The number of aliphatic hydroxyl groups is 1. The van der Waals surface area contributed by atoms with E-state index in [1.807, 2.05) is 0 Å². The molecule has 94 valence electrons. The van der Waals surface area contributed by atoms with Crippen molar-refractivity contribution < 1.29 is 14.3 Å². The lowest BCUT2D eigenvalue weighted by Gasteiger charge is -2.10. The fourth-order valence-corrected chi connectivity index (χ4v) is 1.51. The Morgan fingerprint density at radius 3 is 2.88 bits per heavy atom. The van der Waals surface area contributed by atoms with Gasteiger partial charge in [0.1, 0.15) is 5.82 Å². The highest BCUT2D eigenvalue weighted by Gasteiger charge is 2.12. The first kappa shape index (κ1) is 13.9. The van der Waals surface area contributed by atoms with E-state index >= 15 is 0 Å². The van der Waals surface area contributed by atoms with E-state index < -0.39 is 5.82 Å². The standard InChI is InChI=1S/C12H15ClFNO2/c1-8(7-16)6-15-12(17)5-9-10(13)3-2-4-11(9)14/h2-4,8,16H,5-7H2,1H3,(H,15,17). The number of hydrogen-bond donors (Lipinski definition) is 2. The van der Waals surface area contributed by atoms with Crippen LogP contribution in [0.25, 0.3) is 0 Å². The second-order valence-corrected chi connectivity index (χ2v) is 4.38. The number of nitrogens with one attached hydrogen (secondary N) is 1. The molecule has 1 unspecified atom stereocenters. The summed E-state index contributed by atoms with van der Waals surface area (Å²) >= 11 is 5.80. The SMILES string of the molecule is CC(CO)CNC(=O)Cc1c(F)cccc1Cl. The molecule has 2 N–H and O–H groups in total. The number of amides is 1. The number of carbonyl (C=O) groups is 1. The smallest absolute Gasteiger partial charge is 0.224 e. The molecule has 3 nitrogen and oxygen atoms in total. The van der Waals surface area contributed by atoms with E-state index in [0.717, 1.165) is 0 Å². The molecule has 0 aliphatic heterocycles. The van der Waals surface area contributed by atoms with Gasteiger partial charge in [0, 0.05) is 23.7 Å². The van der Waals surface area contributed by atoms with Crippen molar-refractivity contribution in [1.82, 2.24) is 5.32 Å². The predicted molar refractivity (Wildman–Crippen MR) is 64.4 cm³/mol. The largest absolute Gasteiger partial charge is 0.396 e. The van der Waals surface area contributed by atoms with Crippen LogP contribution >= 0.6 is 11.6 Å². The first-order chi connectivity index (χ1) is 8.04. The van der Waals surface area contributed by atoms with Crippen molar-refractivity contribution >= 4 is 17.5 Å². The van der Waals surface area contributed by atoms with Crippen molar-refractivity contribution in [2.45, 2.75) is 13.3 Å². The normalized spacial score (nSPS) is 12.2. The van der Waals surface area contributed by atoms with Crippen molar-refractivity contribution in [3.63, 3.8) is 0 Å². The lowest BCUT2D eigenvalue weighted by atomic mass is 10.1. The van der Waals surface area contributed by atoms with Crippen LogP contribution in [-0.2, 0) is 11.2 Å². The van der Waals surface area contributed by atoms with Crippen LogP contribution in [0.1, 0.15) is 12.5 Å². The molecule has 0 aliphatic carbocycles. The minimum atomic E-state index is -0.483. The van der Waals surface area contributed by atoms with Gasteiger partial charge in [-0.2, -0.15) is 0 Å². The Balaban J connectivity index is 2.56. The molecule has 0 aliphatic rings. The quantitative estimate of drug-likeness (QED) is 0.847. The fourth-order valence-electron chi connectivity index (χ4n) is 1.28. The third-order valence-corrected chi connectivity index (χ3v) is 2.71. The number of hydrogen-bond acceptors (Lipinski definition) is 2. The minimum Gasteiger partial charge on any atom is -0.396 e. The Kier molecular flexibility index (Phi) is 5.38. The third-order valence-electron chi connectivity index (χ3n) is 2.36. The zero-order chi connectivity index (χ0) is 12.8. The Morgan fingerprint density at radius 1 is 1.59 bits per heavy atom. The van der Waals surface area contributed by atoms with Gasteiger partial charge in [-0.1, -0.05) is 24.6 Å². The molecule has 0 aromatic heterocycles. The Labute approximate surface area is 105 Å². The van der Waals surface area contributed by atoms with E-state index in [-0.39, 0.29) is 35.4 Å². The maximum Gasteiger partial charge on any atom is 0.224 e. The Hall–Kier alpha value is -1.13. The second kappa shape index (κ2) is 6.57. The Morgan fingerprint density at radius 2 is 2.29 bits per heavy atom. The van der Waals surface area contributed by atoms with Crippen LogP contribution in [-0.4, -0.2) is 24.2 Å². The number of rotatable bonds is 5. The van der Waals surface area contributed by atoms with Gasteiger partial charge in [0.25, 0.3) is 0 Å². The molecule has 5 heteroatoms. The lowest BCUT2D eigenvalue weighted by Crippen LogP contribution is -2.31. The van der Waals surface area contributed by atoms with E-state index in [0.29, 0.717) is 6.54 Å². The molecular weight excluding hydrogens is 245 g/mol. The van der Waals surface area contributed by atoms with Gasteiger partial charge in [-0.3, -0.25) is 4.79 Å². The summed E-state index contributed by atoms with van der Waals surface area (Å²) in [7, 11) is 0. The Bertz CT molecular complexity index is 378. The zero-order valence-electron chi connectivity index (χ0n) is 9.54. The molecule has 0 saturated carbocycles. The lowest BCUT2D eigenvalue weighted by molar-refractivity contribution is -0.120. The molecule has 0 bridgehead atoms. The average molecular weight is 260 g/mol. The van der Waals surface area contributed by atoms with Gasteiger partial charge in [0.05, 0.1) is 6.42 Å². The number of benzene rings is 1. The molecule has 1 amide bonds. The van der Waals surface area contributed by atoms with Crippen LogP contribution in [0.5, 0.6) is 0 Å². The van der Waals surface area contributed by atoms with Gasteiger partial charge in [0.15, 0.2) is 0 Å². The second-order valence-electron chi connectivity index (χ2n) is 3.97. The number of carbonyl (C=O) groups excluding carboxylic acids is 1. The van der Waals surface area contributed by atoms with Crippen LogP contribution in [0.2, 0.25) is 5.02 Å². The summed E-state index contributed by atoms with van der Waals surface area (Å²) in [5.41, 5.74) is 0.198. The molecule has 0 radical (unpaired) electrons. The highest BCUT2D eigenvalue weighted by atomic mass is 35.5. The van der Waals surface area contributed by atoms with Gasteiger partial charge < -0.3 is 10.4 Å². The van der Waals surface area contributed by atoms with Crippen molar-refractivity contribution in [2.75, 3.05) is 13.2 Å². The van der Waals surface area contributed by atoms with Crippen LogP contribution in [0.15, 0.2) is 18.2 Å². The van der Waals surface area contributed by atoms with E-state index in [4.69, 9.17) is 16.7 Å². The van der Waals surface area contributed by atoms with Crippen LogP contribution < -0.4 is 5.32 Å². The minimum absolute atomic E-state index is 0.000728. The van der Waals surface area contributed by atoms with E-state index in [9.17, 15) is 9.18 Å². The molecule has 1 rings (SSSR count). The van der Waals surface area contributed by atoms with Crippen LogP contribution in [0, 0.1) is 11.7 Å². The molecule has 0 spiro atoms. The third kappa shape index (κ3) is 4.32. The van der Waals surface area contributed by atoms with Gasteiger partial charge in [-0.05, 0) is 18.1 Å². The summed E-state index contributed by atoms with van der Waals surface area (Å²) in [5.74, 6) is -0.810. The zero-order valence-corrected chi connectivity index (χ0v) is 10.3. The first-order valence-electron chi connectivity index (χ1n) is 5.35. The summed E-state index contributed by atoms with van der Waals surface area (Å²) < 4.78 is 13.4. The summed E-state index contributed by atoms with van der Waals surface area (Å²) in [6.07, 6.45) is -0.0936. The van der Waals surface area contributed by atoms with Gasteiger partial charge >= 0.3 is 0 Å². The topological polar surface area (TPSA) is 49.3 Å². The van der Waals surface area contributed by atoms with Crippen molar-refractivity contribution in [2.24, 2.45) is 5.92 Å². The molecule has 1 aromatic carbocycles. The molecule has 0 saturated heterocycles.